The first kappa shape index (κ1) is 16.6. The van der Waals surface area contributed by atoms with E-state index in [2.05, 4.69) is 11.0 Å². The van der Waals surface area contributed by atoms with Gasteiger partial charge in [-0.3, -0.25) is 4.90 Å². The Bertz CT molecular complexity index is 793. The van der Waals surface area contributed by atoms with E-state index >= 15 is 0 Å². The highest BCUT2D eigenvalue weighted by Gasteiger charge is 2.73. The molecule has 27 heavy (non-hydrogen) atoms. The molecule has 5 atom stereocenters. The van der Waals surface area contributed by atoms with Crippen molar-refractivity contribution in [3.8, 4) is 11.5 Å². The van der Waals surface area contributed by atoms with E-state index in [1.54, 1.807) is 14.2 Å². The third-order valence-electron chi connectivity index (χ3n) is 8.22. The molecule has 3 aliphatic carbocycles. The summed E-state index contributed by atoms with van der Waals surface area (Å²) in [5.74, 6) is 2.48. The Hall–Kier alpha value is -1.30. The lowest BCUT2D eigenvalue weighted by Gasteiger charge is -2.64. The third-order valence-corrected chi connectivity index (χ3v) is 8.22. The maximum Gasteiger partial charge on any atom is 0.166 e. The summed E-state index contributed by atoms with van der Waals surface area (Å²) in [5, 5.41) is 12.3. The number of benzene rings is 1. The standard InChI is InChI=1S/C22H29NO4/c1-25-15-6-5-14-11-17-22(24)8-7-16(26-2)20-21(22,18(14)19(15)27-20)9-10-23(17)12-13-3-4-13/h5-6,13,16-17,20,24H,3-4,7-12H2,1-2H3/t16?,17-,20+,21+,22-/m1/s1. The Morgan fingerprint density at radius 1 is 1.22 bits per heavy atom. The molecule has 1 aromatic rings. The van der Waals surface area contributed by atoms with Gasteiger partial charge < -0.3 is 19.3 Å². The zero-order valence-corrected chi connectivity index (χ0v) is 16.2. The van der Waals surface area contributed by atoms with Crippen molar-refractivity contribution in [2.75, 3.05) is 27.3 Å². The molecule has 1 saturated heterocycles. The van der Waals surface area contributed by atoms with Crippen molar-refractivity contribution in [3.63, 3.8) is 0 Å². The molecule has 146 valence electrons. The number of hydrogen-bond donors (Lipinski definition) is 1. The third kappa shape index (κ3) is 1.91. The van der Waals surface area contributed by atoms with Gasteiger partial charge in [-0.05, 0) is 62.6 Å². The number of hydrogen-bond acceptors (Lipinski definition) is 5. The van der Waals surface area contributed by atoms with Crippen LogP contribution in [0.25, 0.3) is 0 Å². The minimum atomic E-state index is -0.746. The van der Waals surface area contributed by atoms with Crippen molar-refractivity contribution in [2.45, 2.75) is 67.8 Å². The molecule has 3 fully saturated rings. The highest BCUT2D eigenvalue weighted by atomic mass is 16.6. The van der Waals surface area contributed by atoms with Crippen LogP contribution < -0.4 is 9.47 Å². The van der Waals surface area contributed by atoms with Crippen molar-refractivity contribution in [2.24, 2.45) is 5.92 Å². The van der Waals surface area contributed by atoms with E-state index in [-0.39, 0.29) is 23.7 Å². The second kappa shape index (κ2) is 5.40. The van der Waals surface area contributed by atoms with E-state index in [4.69, 9.17) is 14.2 Å². The fraction of sp³-hybridized carbons (Fsp3) is 0.727. The lowest BCUT2D eigenvalue weighted by Crippen LogP contribution is -2.77. The van der Waals surface area contributed by atoms with E-state index in [1.807, 2.05) is 6.07 Å². The molecule has 0 amide bonds. The normalized spacial score (nSPS) is 41.8. The van der Waals surface area contributed by atoms with E-state index in [9.17, 15) is 5.11 Å². The average Bonchev–Trinajstić information content (AvgIpc) is 3.41. The summed E-state index contributed by atoms with van der Waals surface area (Å²) in [6, 6.07) is 4.42. The van der Waals surface area contributed by atoms with Gasteiger partial charge in [0.2, 0.25) is 0 Å². The van der Waals surface area contributed by atoms with Crippen LogP contribution in [0.15, 0.2) is 12.1 Å². The second-order valence-corrected chi connectivity index (χ2v) is 9.29. The number of nitrogens with zero attached hydrogens (tertiary/aromatic N) is 1. The number of aliphatic hydroxyl groups is 1. The minimum absolute atomic E-state index is 0.0176. The smallest absolute Gasteiger partial charge is 0.166 e. The molecule has 1 aromatic carbocycles. The lowest BCUT2D eigenvalue weighted by atomic mass is 9.48. The zero-order chi connectivity index (χ0) is 18.4. The van der Waals surface area contributed by atoms with Crippen molar-refractivity contribution in [1.29, 1.82) is 0 Å². The Kier molecular flexibility index (Phi) is 3.33. The topological polar surface area (TPSA) is 51.2 Å². The van der Waals surface area contributed by atoms with Crippen LogP contribution in [0.4, 0.5) is 0 Å². The maximum atomic E-state index is 12.3. The van der Waals surface area contributed by atoms with E-state index in [0.29, 0.717) is 0 Å². The summed E-state index contributed by atoms with van der Waals surface area (Å²) in [4.78, 5) is 2.60. The van der Waals surface area contributed by atoms with Crippen LogP contribution in [0.1, 0.15) is 43.2 Å². The molecule has 2 saturated carbocycles. The number of rotatable bonds is 4. The van der Waals surface area contributed by atoms with E-state index in [1.165, 1.54) is 24.0 Å². The highest BCUT2D eigenvalue weighted by molar-refractivity contribution is 5.63. The minimum Gasteiger partial charge on any atom is -0.493 e. The molecule has 5 nitrogen and oxygen atoms in total. The molecule has 1 unspecified atom stereocenters. The number of piperidine rings is 1. The second-order valence-electron chi connectivity index (χ2n) is 9.29. The van der Waals surface area contributed by atoms with Gasteiger partial charge in [-0.1, -0.05) is 6.07 Å². The quantitative estimate of drug-likeness (QED) is 0.880. The van der Waals surface area contributed by atoms with Gasteiger partial charge in [0, 0.05) is 25.3 Å². The van der Waals surface area contributed by atoms with Crippen molar-refractivity contribution < 1.29 is 19.3 Å². The fourth-order valence-electron chi connectivity index (χ4n) is 6.83. The summed E-state index contributed by atoms with van der Waals surface area (Å²) >= 11 is 0. The Balaban J connectivity index is 1.55. The largest absolute Gasteiger partial charge is 0.493 e. The summed E-state index contributed by atoms with van der Waals surface area (Å²) in [6.07, 6.45) is 6.06. The molecular formula is C22H29NO4. The van der Waals surface area contributed by atoms with Crippen molar-refractivity contribution >= 4 is 0 Å². The summed E-state index contributed by atoms with van der Waals surface area (Å²) < 4.78 is 18.1. The van der Waals surface area contributed by atoms with E-state index in [0.717, 1.165) is 56.2 Å². The highest BCUT2D eigenvalue weighted by Crippen LogP contribution is 2.65. The fourth-order valence-corrected chi connectivity index (χ4v) is 6.83. The molecule has 5 aliphatic rings. The van der Waals surface area contributed by atoms with Crippen LogP contribution >= 0.6 is 0 Å². The van der Waals surface area contributed by atoms with Crippen molar-refractivity contribution in [3.05, 3.63) is 23.3 Å². The first-order valence-corrected chi connectivity index (χ1v) is 10.5. The maximum absolute atomic E-state index is 12.3. The molecule has 0 radical (unpaired) electrons. The van der Waals surface area contributed by atoms with E-state index < -0.39 is 5.60 Å². The summed E-state index contributed by atoms with van der Waals surface area (Å²) in [6.45, 7) is 2.18. The molecule has 2 heterocycles. The number of methoxy groups -OCH3 is 2. The number of ether oxygens (including phenoxy) is 3. The first-order chi connectivity index (χ1) is 13.1. The summed E-state index contributed by atoms with van der Waals surface area (Å²) in [7, 11) is 3.48. The average molecular weight is 371 g/mol. The Labute approximate surface area is 160 Å². The van der Waals surface area contributed by atoms with Gasteiger partial charge in [0.1, 0.15) is 6.10 Å². The molecule has 5 heteroatoms. The van der Waals surface area contributed by atoms with Gasteiger partial charge in [-0.2, -0.15) is 0 Å². The zero-order valence-electron chi connectivity index (χ0n) is 16.2. The monoisotopic (exact) mass is 371 g/mol. The van der Waals surface area contributed by atoms with Crippen LogP contribution in [-0.2, 0) is 16.6 Å². The SMILES string of the molecule is COc1ccc2c3c1O[C@H]1C(OC)CC[C@@]4(O)[C@@H](C2)N(CC2CC2)CC[C@]314. The van der Waals surface area contributed by atoms with Gasteiger partial charge in [-0.25, -0.2) is 0 Å². The molecule has 2 aliphatic heterocycles. The van der Waals surface area contributed by atoms with Crippen LogP contribution in [0.2, 0.25) is 0 Å². The molecular weight excluding hydrogens is 342 g/mol. The molecule has 1 spiro atoms. The molecule has 2 bridgehead atoms. The predicted molar refractivity (Wildman–Crippen MR) is 100 cm³/mol. The van der Waals surface area contributed by atoms with Crippen LogP contribution in [0, 0.1) is 5.92 Å². The summed E-state index contributed by atoms with van der Waals surface area (Å²) in [5.41, 5.74) is 1.44. The van der Waals surface area contributed by atoms with Gasteiger partial charge in [-0.15, -0.1) is 0 Å². The van der Waals surface area contributed by atoms with Crippen LogP contribution in [-0.4, -0.2) is 61.2 Å². The molecule has 6 rings (SSSR count). The molecule has 1 N–H and O–H groups in total. The molecule has 0 aromatic heterocycles. The van der Waals surface area contributed by atoms with Crippen LogP contribution in [0.3, 0.4) is 0 Å². The first-order valence-electron chi connectivity index (χ1n) is 10.5. The van der Waals surface area contributed by atoms with Gasteiger partial charge in [0.15, 0.2) is 11.5 Å². The van der Waals surface area contributed by atoms with Gasteiger partial charge >= 0.3 is 0 Å². The van der Waals surface area contributed by atoms with Gasteiger partial charge in [0.05, 0.1) is 24.2 Å². The van der Waals surface area contributed by atoms with Crippen LogP contribution in [0.5, 0.6) is 11.5 Å². The van der Waals surface area contributed by atoms with Crippen molar-refractivity contribution in [1.82, 2.24) is 4.90 Å². The van der Waals surface area contributed by atoms with Gasteiger partial charge in [0.25, 0.3) is 0 Å². The predicted octanol–water partition coefficient (Wildman–Crippen LogP) is 2.27. The Morgan fingerprint density at radius 3 is 2.81 bits per heavy atom. The lowest BCUT2D eigenvalue weighted by molar-refractivity contribution is -0.211. The Morgan fingerprint density at radius 2 is 2.07 bits per heavy atom. The number of likely N-dealkylation sites (tertiary alicyclic amines) is 1.